The monoisotopic (exact) mass is 256 g/mol. The second kappa shape index (κ2) is 4.28. The first-order valence-corrected chi connectivity index (χ1v) is 5.90. The van der Waals surface area contributed by atoms with Crippen molar-refractivity contribution in [2.75, 3.05) is 11.1 Å². The largest absolute Gasteiger partial charge is 0.399 e. The van der Waals surface area contributed by atoms with Crippen LogP contribution < -0.4 is 11.1 Å². The highest BCUT2D eigenvalue weighted by molar-refractivity contribution is 5.81. The van der Waals surface area contributed by atoms with Gasteiger partial charge in [-0.15, -0.1) is 0 Å². The van der Waals surface area contributed by atoms with Crippen LogP contribution in [-0.2, 0) is 0 Å². The van der Waals surface area contributed by atoms with E-state index in [1.165, 1.54) is 12.1 Å². The molecule has 0 unspecified atom stereocenters. The molecule has 96 valence electrons. The van der Waals surface area contributed by atoms with Crippen molar-refractivity contribution in [3.8, 4) is 0 Å². The van der Waals surface area contributed by atoms with Gasteiger partial charge in [-0.2, -0.15) is 0 Å². The smallest absolute Gasteiger partial charge is 0.205 e. The average molecular weight is 256 g/mol. The summed E-state index contributed by atoms with van der Waals surface area (Å²) in [6.07, 6.45) is 0. The Morgan fingerprint density at radius 3 is 2.84 bits per heavy atom. The van der Waals surface area contributed by atoms with Gasteiger partial charge >= 0.3 is 0 Å². The zero-order valence-corrected chi connectivity index (χ0v) is 10.4. The molecule has 0 bridgehead atoms. The third-order valence-corrected chi connectivity index (χ3v) is 2.95. The van der Waals surface area contributed by atoms with Crippen molar-refractivity contribution in [1.29, 1.82) is 0 Å². The molecule has 3 aromatic rings. The molecule has 0 saturated heterocycles. The number of nitrogens with one attached hydrogen (secondary N) is 2. The standard InChI is InChI=1S/C14H13FN4/c1-8-6-9(15)2-4-11(8)17-14-18-12-5-3-10(16)7-13(12)19-14/h2-7H,16H2,1H3,(H2,17,18,19). The zero-order valence-electron chi connectivity index (χ0n) is 10.4. The van der Waals surface area contributed by atoms with Crippen molar-refractivity contribution in [2.24, 2.45) is 0 Å². The molecule has 0 aliphatic heterocycles. The Kier molecular flexibility index (Phi) is 2.59. The number of aromatic amines is 1. The van der Waals surface area contributed by atoms with E-state index in [1.807, 2.05) is 19.1 Å². The number of hydrogen-bond acceptors (Lipinski definition) is 3. The Morgan fingerprint density at radius 2 is 2.05 bits per heavy atom. The number of imidazole rings is 1. The topological polar surface area (TPSA) is 66.7 Å². The van der Waals surface area contributed by atoms with E-state index in [1.54, 1.807) is 12.1 Å². The lowest BCUT2D eigenvalue weighted by molar-refractivity contribution is 0.627. The number of halogens is 1. The summed E-state index contributed by atoms with van der Waals surface area (Å²) in [4.78, 5) is 7.53. The normalized spacial score (nSPS) is 10.8. The summed E-state index contributed by atoms with van der Waals surface area (Å²) in [5.41, 5.74) is 9.72. The number of nitrogens with zero attached hydrogens (tertiary/aromatic N) is 1. The molecule has 0 amide bonds. The van der Waals surface area contributed by atoms with Crippen molar-refractivity contribution in [3.63, 3.8) is 0 Å². The fourth-order valence-electron chi connectivity index (χ4n) is 1.98. The Bertz CT molecular complexity index is 748. The maximum atomic E-state index is 13.0. The van der Waals surface area contributed by atoms with Crippen LogP contribution in [0.5, 0.6) is 0 Å². The highest BCUT2D eigenvalue weighted by atomic mass is 19.1. The molecule has 0 radical (unpaired) electrons. The van der Waals surface area contributed by atoms with Gasteiger partial charge in [0.15, 0.2) is 0 Å². The van der Waals surface area contributed by atoms with Crippen LogP contribution in [0.2, 0.25) is 0 Å². The summed E-state index contributed by atoms with van der Waals surface area (Å²) >= 11 is 0. The fraction of sp³-hybridized carbons (Fsp3) is 0.0714. The lowest BCUT2D eigenvalue weighted by atomic mass is 10.2. The Morgan fingerprint density at radius 1 is 1.21 bits per heavy atom. The second-order valence-corrected chi connectivity index (χ2v) is 4.45. The van der Waals surface area contributed by atoms with E-state index in [9.17, 15) is 4.39 Å². The van der Waals surface area contributed by atoms with Crippen LogP contribution in [0.15, 0.2) is 36.4 Å². The van der Waals surface area contributed by atoms with Gasteiger partial charge in [-0.05, 0) is 48.9 Å². The Balaban J connectivity index is 1.96. The van der Waals surface area contributed by atoms with E-state index < -0.39 is 0 Å². The number of nitrogen functional groups attached to an aromatic ring is 1. The van der Waals surface area contributed by atoms with E-state index in [2.05, 4.69) is 15.3 Å². The third-order valence-electron chi connectivity index (χ3n) is 2.95. The van der Waals surface area contributed by atoms with Crippen molar-refractivity contribution >= 4 is 28.4 Å². The van der Waals surface area contributed by atoms with Crippen LogP contribution in [0.1, 0.15) is 5.56 Å². The molecule has 5 heteroatoms. The minimum atomic E-state index is -0.250. The summed E-state index contributed by atoms with van der Waals surface area (Å²) in [7, 11) is 0. The van der Waals surface area contributed by atoms with E-state index in [0.717, 1.165) is 22.3 Å². The highest BCUT2D eigenvalue weighted by Gasteiger charge is 2.05. The predicted octanol–water partition coefficient (Wildman–Crippen LogP) is 3.34. The van der Waals surface area contributed by atoms with Gasteiger partial charge < -0.3 is 16.0 Å². The molecule has 0 saturated carbocycles. The van der Waals surface area contributed by atoms with Crippen LogP contribution in [0.4, 0.5) is 21.7 Å². The molecule has 0 aliphatic rings. The maximum Gasteiger partial charge on any atom is 0.205 e. The van der Waals surface area contributed by atoms with Crippen LogP contribution >= 0.6 is 0 Å². The maximum absolute atomic E-state index is 13.0. The van der Waals surface area contributed by atoms with Crippen molar-refractivity contribution in [2.45, 2.75) is 6.92 Å². The lowest BCUT2D eigenvalue weighted by Gasteiger charge is -2.06. The van der Waals surface area contributed by atoms with E-state index in [-0.39, 0.29) is 5.82 Å². The number of nitrogens with two attached hydrogens (primary N) is 1. The molecule has 19 heavy (non-hydrogen) atoms. The molecule has 2 aromatic carbocycles. The van der Waals surface area contributed by atoms with Crippen molar-refractivity contribution < 1.29 is 4.39 Å². The summed E-state index contributed by atoms with van der Waals surface area (Å²) < 4.78 is 13.0. The second-order valence-electron chi connectivity index (χ2n) is 4.45. The zero-order chi connectivity index (χ0) is 13.4. The molecular weight excluding hydrogens is 243 g/mol. The number of fused-ring (bicyclic) bond motifs is 1. The lowest BCUT2D eigenvalue weighted by Crippen LogP contribution is -1.95. The van der Waals surface area contributed by atoms with E-state index in [0.29, 0.717) is 11.6 Å². The number of hydrogen-bond donors (Lipinski definition) is 3. The van der Waals surface area contributed by atoms with Gasteiger partial charge in [0.1, 0.15) is 5.82 Å². The first-order valence-electron chi connectivity index (χ1n) is 5.90. The van der Waals surface area contributed by atoms with E-state index in [4.69, 9.17) is 5.73 Å². The number of rotatable bonds is 2. The predicted molar refractivity (Wildman–Crippen MR) is 74.9 cm³/mol. The SMILES string of the molecule is Cc1cc(F)ccc1Nc1nc2ccc(N)cc2[nH]1. The van der Waals surface area contributed by atoms with Gasteiger partial charge in [-0.25, -0.2) is 9.37 Å². The van der Waals surface area contributed by atoms with Gasteiger partial charge in [0.05, 0.1) is 11.0 Å². The van der Waals surface area contributed by atoms with Gasteiger partial charge in [0, 0.05) is 11.4 Å². The first kappa shape index (κ1) is 11.5. The summed E-state index contributed by atoms with van der Waals surface area (Å²) in [6.45, 7) is 1.84. The van der Waals surface area contributed by atoms with Crippen molar-refractivity contribution in [3.05, 3.63) is 47.8 Å². The van der Waals surface area contributed by atoms with Crippen LogP contribution in [0.25, 0.3) is 11.0 Å². The third kappa shape index (κ3) is 2.22. The summed E-state index contributed by atoms with van der Waals surface area (Å²) in [5, 5.41) is 3.13. The molecule has 0 spiro atoms. The van der Waals surface area contributed by atoms with Crippen molar-refractivity contribution in [1.82, 2.24) is 9.97 Å². The molecule has 3 rings (SSSR count). The molecule has 0 atom stereocenters. The molecule has 4 N–H and O–H groups in total. The number of H-pyrrole nitrogens is 1. The van der Waals surface area contributed by atoms with Crippen LogP contribution in [0, 0.1) is 12.7 Å². The van der Waals surface area contributed by atoms with Crippen LogP contribution in [-0.4, -0.2) is 9.97 Å². The number of aryl methyl sites for hydroxylation is 1. The minimum absolute atomic E-state index is 0.250. The molecule has 0 fully saturated rings. The van der Waals surface area contributed by atoms with E-state index >= 15 is 0 Å². The van der Waals surface area contributed by atoms with Gasteiger partial charge in [0.2, 0.25) is 5.95 Å². The fourth-order valence-corrected chi connectivity index (χ4v) is 1.98. The number of aromatic nitrogens is 2. The Labute approximate surface area is 109 Å². The van der Waals surface area contributed by atoms with Gasteiger partial charge in [0.25, 0.3) is 0 Å². The van der Waals surface area contributed by atoms with Crippen LogP contribution in [0.3, 0.4) is 0 Å². The number of benzene rings is 2. The Hall–Kier alpha value is -2.56. The number of anilines is 3. The van der Waals surface area contributed by atoms with Gasteiger partial charge in [-0.3, -0.25) is 0 Å². The summed E-state index contributed by atoms with van der Waals surface area (Å²) in [6, 6.07) is 10.1. The molecule has 0 aliphatic carbocycles. The summed E-state index contributed by atoms with van der Waals surface area (Å²) in [5.74, 6) is 0.357. The quantitative estimate of drug-likeness (QED) is 0.616. The molecule has 1 heterocycles. The molecule has 1 aromatic heterocycles. The molecule has 4 nitrogen and oxygen atoms in total. The average Bonchev–Trinajstić information content (AvgIpc) is 2.74. The van der Waals surface area contributed by atoms with Gasteiger partial charge in [-0.1, -0.05) is 0 Å². The minimum Gasteiger partial charge on any atom is -0.399 e. The first-order chi connectivity index (χ1) is 9.11. The highest BCUT2D eigenvalue weighted by Crippen LogP contribution is 2.22. The molecular formula is C14H13FN4.